The highest BCUT2D eigenvalue weighted by Crippen LogP contribution is 2.57. The smallest absolute Gasteiger partial charge is 0.122 e. The standard InChI is InChI=1S/C23H29N3O2/c1-13-17-11-23(27)20-10-15-5-6-19(28-2)16(9-14-3-4-14)21(15)22(23,7-8-24-20)12-18(17)26-25-13/h5-6,14,20,24,27H,3-4,7-12H2,1-2H3,(H,25,26)/t20-,22-,23-/m1/s1. The molecule has 5 heteroatoms. The van der Waals surface area contributed by atoms with E-state index < -0.39 is 5.60 Å². The lowest BCUT2D eigenvalue weighted by Gasteiger charge is -2.61. The zero-order valence-corrected chi connectivity index (χ0v) is 16.8. The maximum Gasteiger partial charge on any atom is 0.122 e. The fourth-order valence-corrected chi connectivity index (χ4v) is 6.49. The van der Waals surface area contributed by atoms with Crippen LogP contribution in [0.15, 0.2) is 12.1 Å². The molecular formula is C23H29N3O2. The van der Waals surface area contributed by atoms with E-state index in [4.69, 9.17) is 4.74 Å². The van der Waals surface area contributed by atoms with Crippen LogP contribution in [0.4, 0.5) is 0 Å². The van der Waals surface area contributed by atoms with Crippen molar-refractivity contribution in [2.45, 2.75) is 68.9 Å². The zero-order valence-electron chi connectivity index (χ0n) is 16.8. The molecule has 1 saturated heterocycles. The minimum atomic E-state index is -0.773. The van der Waals surface area contributed by atoms with E-state index in [9.17, 15) is 5.11 Å². The van der Waals surface area contributed by atoms with Crippen LogP contribution in [0.3, 0.4) is 0 Å². The highest BCUT2D eigenvalue weighted by atomic mass is 16.5. The van der Waals surface area contributed by atoms with Gasteiger partial charge in [-0.15, -0.1) is 0 Å². The topological polar surface area (TPSA) is 70.2 Å². The van der Waals surface area contributed by atoms with Gasteiger partial charge in [-0.25, -0.2) is 0 Å². The van der Waals surface area contributed by atoms with Gasteiger partial charge in [0, 0.05) is 30.0 Å². The summed E-state index contributed by atoms with van der Waals surface area (Å²) in [5.74, 6) is 1.78. The van der Waals surface area contributed by atoms with E-state index in [-0.39, 0.29) is 11.5 Å². The van der Waals surface area contributed by atoms with E-state index in [2.05, 4.69) is 34.6 Å². The lowest BCUT2D eigenvalue weighted by atomic mass is 9.49. The van der Waals surface area contributed by atoms with Gasteiger partial charge in [-0.05, 0) is 79.8 Å². The molecule has 3 atom stereocenters. The second kappa shape index (κ2) is 5.61. The molecule has 28 heavy (non-hydrogen) atoms. The van der Waals surface area contributed by atoms with Crippen LogP contribution in [0.5, 0.6) is 5.75 Å². The summed E-state index contributed by atoms with van der Waals surface area (Å²) in [4.78, 5) is 0. The van der Waals surface area contributed by atoms with Crippen molar-refractivity contribution < 1.29 is 9.84 Å². The first-order valence-corrected chi connectivity index (χ1v) is 10.7. The van der Waals surface area contributed by atoms with E-state index in [1.807, 2.05) is 0 Å². The van der Waals surface area contributed by atoms with Gasteiger partial charge in [0.15, 0.2) is 0 Å². The molecule has 3 N–H and O–H groups in total. The average Bonchev–Trinajstić information content (AvgIpc) is 3.43. The number of aliphatic hydroxyl groups is 1. The first-order valence-electron chi connectivity index (χ1n) is 10.7. The molecule has 4 aliphatic rings. The van der Waals surface area contributed by atoms with Crippen LogP contribution in [0.1, 0.15) is 52.9 Å². The Hall–Kier alpha value is -1.85. The predicted octanol–water partition coefficient (Wildman–Crippen LogP) is 2.36. The molecule has 1 saturated carbocycles. The summed E-state index contributed by atoms with van der Waals surface area (Å²) in [6.07, 6.45) is 7.05. The number of methoxy groups -OCH3 is 1. The normalized spacial score (nSPS) is 33.0. The molecule has 148 valence electrons. The second-order valence-electron chi connectivity index (χ2n) is 9.52. The van der Waals surface area contributed by atoms with Gasteiger partial charge in [-0.3, -0.25) is 5.10 Å². The van der Waals surface area contributed by atoms with E-state index in [0.29, 0.717) is 6.42 Å². The molecule has 2 heterocycles. The number of ether oxygens (including phenoxy) is 1. The molecule has 0 unspecified atom stereocenters. The summed E-state index contributed by atoms with van der Waals surface area (Å²) >= 11 is 0. The molecule has 5 nitrogen and oxygen atoms in total. The highest BCUT2D eigenvalue weighted by molar-refractivity contribution is 5.57. The van der Waals surface area contributed by atoms with Crippen molar-refractivity contribution in [3.05, 3.63) is 45.8 Å². The number of piperidine rings is 1. The average molecular weight is 380 g/mol. The van der Waals surface area contributed by atoms with Crippen LogP contribution in [0, 0.1) is 12.8 Å². The zero-order chi connectivity index (χ0) is 19.1. The minimum Gasteiger partial charge on any atom is -0.496 e. The molecule has 3 aliphatic carbocycles. The third kappa shape index (κ3) is 2.07. The predicted molar refractivity (Wildman–Crippen MR) is 107 cm³/mol. The largest absolute Gasteiger partial charge is 0.496 e. The molecule has 2 fully saturated rings. The fraction of sp³-hybridized carbons (Fsp3) is 0.609. The number of rotatable bonds is 3. The van der Waals surface area contributed by atoms with Gasteiger partial charge in [-0.2, -0.15) is 5.10 Å². The number of hydrogen-bond donors (Lipinski definition) is 3. The Morgan fingerprint density at radius 1 is 1.29 bits per heavy atom. The van der Waals surface area contributed by atoms with Crippen molar-refractivity contribution >= 4 is 0 Å². The first-order chi connectivity index (χ1) is 13.6. The quantitative estimate of drug-likeness (QED) is 0.766. The van der Waals surface area contributed by atoms with Gasteiger partial charge in [0.25, 0.3) is 0 Å². The maximum absolute atomic E-state index is 12.3. The Kier molecular flexibility index (Phi) is 3.41. The number of hydrogen-bond acceptors (Lipinski definition) is 4. The Morgan fingerprint density at radius 2 is 2.14 bits per heavy atom. The van der Waals surface area contributed by atoms with E-state index in [0.717, 1.165) is 55.3 Å². The molecule has 1 aliphatic heterocycles. The number of nitrogens with one attached hydrogen (secondary N) is 2. The number of aromatic nitrogens is 2. The Morgan fingerprint density at radius 3 is 2.93 bits per heavy atom. The Balaban J connectivity index is 1.62. The summed E-state index contributed by atoms with van der Waals surface area (Å²) in [7, 11) is 1.78. The lowest BCUT2D eigenvalue weighted by Crippen LogP contribution is -2.73. The van der Waals surface area contributed by atoms with Crippen molar-refractivity contribution in [3.63, 3.8) is 0 Å². The van der Waals surface area contributed by atoms with Crippen molar-refractivity contribution in [1.82, 2.24) is 15.5 Å². The molecule has 2 bridgehead atoms. The fourth-order valence-electron chi connectivity index (χ4n) is 6.49. The van der Waals surface area contributed by atoms with Crippen LogP contribution in [0.2, 0.25) is 0 Å². The molecule has 0 spiro atoms. The molecule has 1 aromatic heterocycles. The summed E-state index contributed by atoms with van der Waals surface area (Å²) in [6, 6.07) is 4.50. The first kappa shape index (κ1) is 17.0. The molecule has 0 amide bonds. The number of benzene rings is 1. The van der Waals surface area contributed by atoms with Gasteiger partial charge in [0.1, 0.15) is 5.75 Å². The van der Waals surface area contributed by atoms with Crippen LogP contribution in [-0.4, -0.2) is 40.6 Å². The monoisotopic (exact) mass is 379 g/mol. The van der Waals surface area contributed by atoms with Crippen LogP contribution in [0.25, 0.3) is 0 Å². The number of fused-ring (bicyclic) bond motifs is 2. The van der Waals surface area contributed by atoms with Crippen molar-refractivity contribution in [2.24, 2.45) is 5.92 Å². The molecule has 2 aromatic rings. The third-order valence-corrected chi connectivity index (χ3v) is 8.09. The van der Waals surface area contributed by atoms with Gasteiger partial charge < -0.3 is 15.2 Å². The van der Waals surface area contributed by atoms with Crippen molar-refractivity contribution in [1.29, 1.82) is 0 Å². The summed E-state index contributed by atoms with van der Waals surface area (Å²) < 4.78 is 5.84. The maximum atomic E-state index is 12.3. The minimum absolute atomic E-state index is 0.0957. The van der Waals surface area contributed by atoms with Gasteiger partial charge in [-0.1, -0.05) is 6.07 Å². The van der Waals surface area contributed by atoms with Crippen LogP contribution in [-0.2, 0) is 31.1 Å². The van der Waals surface area contributed by atoms with E-state index in [1.54, 1.807) is 7.11 Å². The second-order valence-corrected chi connectivity index (χ2v) is 9.52. The van der Waals surface area contributed by atoms with Gasteiger partial charge >= 0.3 is 0 Å². The summed E-state index contributed by atoms with van der Waals surface area (Å²) in [5, 5.41) is 23.8. The van der Waals surface area contributed by atoms with E-state index in [1.165, 1.54) is 35.1 Å². The number of aromatic amines is 1. The summed E-state index contributed by atoms with van der Waals surface area (Å²) in [5.41, 5.74) is 6.58. The van der Waals surface area contributed by atoms with Crippen LogP contribution >= 0.6 is 0 Å². The molecule has 0 radical (unpaired) electrons. The van der Waals surface area contributed by atoms with Crippen molar-refractivity contribution in [3.8, 4) is 5.75 Å². The third-order valence-electron chi connectivity index (χ3n) is 8.09. The van der Waals surface area contributed by atoms with Crippen LogP contribution < -0.4 is 10.1 Å². The van der Waals surface area contributed by atoms with Crippen molar-refractivity contribution in [2.75, 3.05) is 13.7 Å². The number of nitrogens with zero attached hydrogens (tertiary/aromatic N) is 1. The number of H-pyrrole nitrogens is 1. The van der Waals surface area contributed by atoms with Gasteiger partial charge in [0.05, 0.1) is 18.4 Å². The summed E-state index contributed by atoms with van der Waals surface area (Å²) in [6.45, 7) is 3.03. The molecule has 6 rings (SSSR count). The Labute approximate surface area is 165 Å². The van der Waals surface area contributed by atoms with E-state index >= 15 is 0 Å². The molecular weight excluding hydrogens is 350 g/mol. The SMILES string of the molecule is COc1ccc2c(c1CC1CC1)[C@]13CCN[C@H](C2)[C@]1(O)Cc1c(n[nH]c1C)C3. The highest BCUT2D eigenvalue weighted by Gasteiger charge is 2.64. The Bertz CT molecular complexity index is 963. The number of aryl methyl sites for hydroxylation is 1. The van der Waals surface area contributed by atoms with Gasteiger partial charge in [0.2, 0.25) is 0 Å². The lowest BCUT2D eigenvalue weighted by molar-refractivity contribution is -0.106. The molecule has 1 aromatic carbocycles.